The van der Waals surface area contributed by atoms with Gasteiger partial charge in [0.05, 0.1) is 6.61 Å². The summed E-state index contributed by atoms with van der Waals surface area (Å²) in [4.78, 5) is 21.4. The fourth-order valence-electron chi connectivity index (χ4n) is 4.49. The lowest BCUT2D eigenvalue weighted by Gasteiger charge is -2.25. The lowest BCUT2D eigenvalue weighted by molar-refractivity contribution is 0.201. The number of nitrogens with zero attached hydrogens (tertiary/aromatic N) is 5. The van der Waals surface area contributed by atoms with Crippen molar-refractivity contribution in [2.45, 2.75) is 26.8 Å². The van der Waals surface area contributed by atoms with Crippen molar-refractivity contribution < 1.29 is 9.53 Å². The Kier molecular flexibility index (Phi) is 6.85. The zero-order chi connectivity index (χ0) is 24.2. The second-order valence-corrected chi connectivity index (χ2v) is 9.50. The lowest BCUT2D eigenvalue weighted by atomic mass is 10.1. The molecular weight excluding hydrogens is 460 g/mol. The molecule has 9 heteroatoms. The predicted octanol–water partition coefficient (Wildman–Crippen LogP) is 4.61. The first kappa shape index (κ1) is 23.2. The molecular formula is C26H30N6O2S. The summed E-state index contributed by atoms with van der Waals surface area (Å²) < 4.78 is 8.93. The van der Waals surface area contributed by atoms with E-state index >= 15 is 0 Å². The predicted molar refractivity (Wildman–Crippen MR) is 140 cm³/mol. The summed E-state index contributed by atoms with van der Waals surface area (Å²) in [7, 11) is 0. The normalized spacial score (nSPS) is 14.2. The van der Waals surface area contributed by atoms with E-state index in [9.17, 15) is 4.79 Å². The van der Waals surface area contributed by atoms with Gasteiger partial charge in [0, 0.05) is 49.2 Å². The van der Waals surface area contributed by atoms with Gasteiger partial charge in [0.15, 0.2) is 0 Å². The van der Waals surface area contributed by atoms with Crippen molar-refractivity contribution in [2.24, 2.45) is 0 Å². The van der Waals surface area contributed by atoms with E-state index in [-0.39, 0.29) is 6.03 Å². The minimum absolute atomic E-state index is 0.00834. The number of aryl methyl sites for hydroxylation is 1. The highest BCUT2D eigenvalue weighted by Gasteiger charge is 2.20. The summed E-state index contributed by atoms with van der Waals surface area (Å²) in [6.07, 6.45) is 2.61. The second kappa shape index (κ2) is 10.4. The number of nitrogens with one attached hydrogen (secondary N) is 1. The summed E-state index contributed by atoms with van der Waals surface area (Å²) in [5.41, 5.74) is 3.10. The van der Waals surface area contributed by atoms with Crippen LogP contribution in [-0.2, 0) is 6.54 Å². The zero-order valence-corrected chi connectivity index (χ0v) is 20.9. The van der Waals surface area contributed by atoms with Crippen LogP contribution in [0.15, 0.2) is 54.2 Å². The molecule has 2 aromatic carbocycles. The van der Waals surface area contributed by atoms with Gasteiger partial charge in [-0.25, -0.2) is 14.5 Å². The van der Waals surface area contributed by atoms with Crippen molar-refractivity contribution in [1.82, 2.24) is 25.0 Å². The van der Waals surface area contributed by atoms with Gasteiger partial charge in [0.2, 0.25) is 0 Å². The molecule has 2 aromatic heterocycles. The number of fused-ring (bicyclic) bond motifs is 1. The molecule has 5 rings (SSSR count). The molecule has 35 heavy (non-hydrogen) atoms. The molecule has 8 nitrogen and oxygen atoms in total. The van der Waals surface area contributed by atoms with Crippen LogP contribution in [0.2, 0.25) is 0 Å². The van der Waals surface area contributed by atoms with E-state index in [2.05, 4.69) is 62.1 Å². The molecule has 0 aliphatic carbocycles. The van der Waals surface area contributed by atoms with Gasteiger partial charge in [-0.3, -0.25) is 0 Å². The van der Waals surface area contributed by atoms with Gasteiger partial charge in [-0.2, -0.15) is 5.10 Å². The smallest absolute Gasteiger partial charge is 0.317 e. The maximum absolute atomic E-state index is 12.9. The minimum Gasteiger partial charge on any atom is -0.492 e. The summed E-state index contributed by atoms with van der Waals surface area (Å²) >= 11 is 1.72. The van der Waals surface area contributed by atoms with Crippen molar-refractivity contribution in [3.8, 4) is 11.4 Å². The topological polar surface area (TPSA) is 75.5 Å². The number of hydrogen-bond donors (Lipinski definition) is 1. The standard InChI is InChI=1S/C26H30N6O2S/c1-3-34-24-16-21(8-9-23(24)32-18-28-19(2)29-32)30-11-5-12-31(14-13-30)26(33)27-17-20-6-4-7-25-22(20)10-15-35-25/h4,6-10,15-16,18H,3,5,11-14,17H2,1-2H3,(H,27,33). The molecule has 1 aliphatic rings. The van der Waals surface area contributed by atoms with Gasteiger partial charge in [0.25, 0.3) is 0 Å². The number of carbonyl (C=O) groups excluding carboxylic acids is 1. The van der Waals surface area contributed by atoms with E-state index in [1.54, 1.807) is 22.3 Å². The molecule has 1 N–H and O–H groups in total. The molecule has 1 fully saturated rings. The summed E-state index contributed by atoms with van der Waals surface area (Å²) in [5, 5.41) is 10.9. The third kappa shape index (κ3) is 5.09. The minimum atomic E-state index is -0.00834. The van der Waals surface area contributed by atoms with Crippen LogP contribution < -0.4 is 15.0 Å². The van der Waals surface area contributed by atoms with Crippen LogP contribution in [-0.4, -0.2) is 58.5 Å². The fourth-order valence-corrected chi connectivity index (χ4v) is 5.33. The number of amides is 2. The van der Waals surface area contributed by atoms with Crippen LogP contribution >= 0.6 is 11.3 Å². The largest absolute Gasteiger partial charge is 0.492 e. The zero-order valence-electron chi connectivity index (χ0n) is 20.1. The Balaban J connectivity index is 1.24. The SMILES string of the molecule is CCOc1cc(N2CCCN(C(=O)NCc3cccc4sccc34)CC2)ccc1-n1cnc(C)n1. The third-order valence-electron chi connectivity index (χ3n) is 6.26. The molecule has 1 aliphatic heterocycles. The van der Waals surface area contributed by atoms with Gasteiger partial charge in [-0.05, 0) is 60.9 Å². The van der Waals surface area contributed by atoms with Crippen molar-refractivity contribution in [3.05, 3.63) is 65.6 Å². The van der Waals surface area contributed by atoms with E-state index in [0.717, 1.165) is 54.6 Å². The monoisotopic (exact) mass is 490 g/mol. The highest BCUT2D eigenvalue weighted by atomic mass is 32.1. The number of anilines is 1. The van der Waals surface area contributed by atoms with Crippen molar-refractivity contribution in [2.75, 3.05) is 37.7 Å². The molecule has 182 valence electrons. The first-order valence-electron chi connectivity index (χ1n) is 12.0. The van der Waals surface area contributed by atoms with E-state index < -0.39 is 0 Å². The van der Waals surface area contributed by atoms with Crippen LogP contribution in [0.25, 0.3) is 15.8 Å². The Hall–Kier alpha value is -3.59. The first-order valence-corrected chi connectivity index (χ1v) is 12.9. The van der Waals surface area contributed by atoms with E-state index in [1.165, 1.54) is 10.1 Å². The molecule has 0 spiro atoms. The first-order chi connectivity index (χ1) is 17.1. The number of rotatable bonds is 6. The molecule has 3 heterocycles. The van der Waals surface area contributed by atoms with Gasteiger partial charge in [-0.1, -0.05) is 12.1 Å². The maximum Gasteiger partial charge on any atom is 0.317 e. The van der Waals surface area contributed by atoms with Crippen LogP contribution in [0.1, 0.15) is 24.7 Å². The maximum atomic E-state index is 12.9. The summed E-state index contributed by atoms with van der Waals surface area (Å²) in [6, 6.07) is 14.5. The summed E-state index contributed by atoms with van der Waals surface area (Å²) in [6.45, 7) is 8.00. The average molecular weight is 491 g/mol. The lowest BCUT2D eigenvalue weighted by Crippen LogP contribution is -2.41. The highest BCUT2D eigenvalue weighted by molar-refractivity contribution is 7.17. The molecule has 0 radical (unpaired) electrons. The Morgan fingerprint density at radius 2 is 2.06 bits per heavy atom. The Morgan fingerprint density at radius 3 is 2.89 bits per heavy atom. The number of carbonyl (C=O) groups is 1. The quantitative estimate of drug-likeness (QED) is 0.427. The van der Waals surface area contributed by atoms with Gasteiger partial charge >= 0.3 is 6.03 Å². The number of aromatic nitrogens is 3. The molecule has 0 unspecified atom stereocenters. The Morgan fingerprint density at radius 1 is 1.14 bits per heavy atom. The molecule has 1 saturated heterocycles. The van der Waals surface area contributed by atoms with Crippen molar-refractivity contribution in [1.29, 1.82) is 0 Å². The molecule has 0 bridgehead atoms. The average Bonchev–Trinajstić information content (AvgIpc) is 3.45. The number of hydrogen-bond acceptors (Lipinski definition) is 6. The van der Waals surface area contributed by atoms with Crippen molar-refractivity contribution in [3.63, 3.8) is 0 Å². The van der Waals surface area contributed by atoms with Gasteiger partial charge < -0.3 is 19.9 Å². The third-order valence-corrected chi connectivity index (χ3v) is 7.14. The van der Waals surface area contributed by atoms with Crippen LogP contribution in [0, 0.1) is 6.92 Å². The second-order valence-electron chi connectivity index (χ2n) is 8.56. The number of benzene rings is 2. The van der Waals surface area contributed by atoms with E-state index in [1.807, 2.05) is 24.8 Å². The molecule has 4 aromatic rings. The van der Waals surface area contributed by atoms with Crippen LogP contribution in [0.4, 0.5) is 10.5 Å². The van der Waals surface area contributed by atoms with E-state index in [0.29, 0.717) is 19.7 Å². The molecule has 0 saturated carbocycles. The van der Waals surface area contributed by atoms with Crippen LogP contribution in [0.5, 0.6) is 5.75 Å². The molecule has 2 amide bonds. The Bertz CT molecular complexity index is 1320. The van der Waals surface area contributed by atoms with Crippen molar-refractivity contribution >= 4 is 33.1 Å². The number of thiophene rings is 1. The van der Waals surface area contributed by atoms with E-state index in [4.69, 9.17) is 4.74 Å². The summed E-state index contributed by atoms with van der Waals surface area (Å²) in [5.74, 6) is 1.49. The highest BCUT2D eigenvalue weighted by Crippen LogP contribution is 2.29. The van der Waals surface area contributed by atoms with Gasteiger partial charge in [0.1, 0.15) is 23.6 Å². The van der Waals surface area contributed by atoms with Crippen LogP contribution in [0.3, 0.4) is 0 Å². The molecule has 0 atom stereocenters. The Labute approximate surface area is 209 Å². The number of urea groups is 1. The number of ether oxygens (including phenoxy) is 1. The van der Waals surface area contributed by atoms with Gasteiger partial charge in [-0.15, -0.1) is 11.3 Å². The fraction of sp³-hybridized carbons (Fsp3) is 0.346.